The van der Waals surface area contributed by atoms with E-state index in [1.165, 1.54) is 110 Å². The molecule has 12 aromatic carbocycles. The molecule has 0 saturated carbocycles. The molecule has 2 nitrogen and oxygen atoms in total. The quantitative estimate of drug-likeness (QED) is 0.175. The van der Waals surface area contributed by atoms with Gasteiger partial charge in [-0.3, -0.25) is 0 Å². The van der Waals surface area contributed by atoms with Gasteiger partial charge in [0, 0.05) is 37.9 Å². The number of hydrogen-bond donors (Lipinski definition) is 0. The first-order valence-corrected chi connectivity index (χ1v) is 28.0. The highest BCUT2D eigenvalue weighted by Gasteiger charge is 2.55. The van der Waals surface area contributed by atoms with E-state index in [2.05, 4.69) is 278 Å². The summed E-state index contributed by atoms with van der Waals surface area (Å²) in [5.41, 5.74) is 27.1. The van der Waals surface area contributed by atoms with Gasteiger partial charge in [-0.2, -0.15) is 0 Å². The van der Waals surface area contributed by atoms with Gasteiger partial charge in [0.1, 0.15) is 11.5 Å². The monoisotopic (exact) mass is 1010 g/mol. The largest absolute Gasteiger partial charge is 0.457 e. The lowest BCUT2D eigenvalue weighted by atomic mass is 9.66. The Morgan fingerprint density at radius 3 is 1.06 bits per heavy atom. The number of para-hydroxylation sites is 2. The number of anilines is 3. The zero-order chi connectivity index (χ0) is 50.9. The fourth-order valence-corrected chi connectivity index (χ4v) is 16.9. The molecular weight excluding hydrogens is 963 g/mol. The van der Waals surface area contributed by atoms with E-state index in [4.69, 9.17) is 4.74 Å². The van der Waals surface area contributed by atoms with Crippen molar-refractivity contribution >= 4 is 28.8 Å². The first-order chi connectivity index (χ1) is 38.7. The van der Waals surface area contributed by atoms with Crippen LogP contribution in [0.4, 0.5) is 17.1 Å². The van der Waals surface area contributed by atoms with E-state index in [0.717, 1.165) is 39.7 Å². The summed E-state index contributed by atoms with van der Waals surface area (Å²) in [5, 5.41) is 0. The Morgan fingerprint density at radius 1 is 0.256 bits per heavy atom. The predicted molar refractivity (Wildman–Crippen MR) is 316 cm³/mol. The molecule has 0 bridgehead atoms. The number of rotatable bonds is 3. The zero-order valence-corrected chi connectivity index (χ0v) is 43.1. The average molecular weight is 1010 g/mol. The second-order valence-corrected chi connectivity index (χ2v) is 22.7. The van der Waals surface area contributed by atoms with Crippen LogP contribution < -0.4 is 9.64 Å². The summed E-state index contributed by atoms with van der Waals surface area (Å²) < 4.78 is 6.84. The number of hydrogen-bond acceptors (Lipinski definition) is 3. The van der Waals surface area contributed by atoms with E-state index >= 15 is 0 Å². The molecule has 0 saturated heterocycles. The average Bonchev–Trinajstić information content (AvgIpc) is 3.72. The van der Waals surface area contributed by atoms with Gasteiger partial charge in [-0.05, 0) is 149 Å². The minimum absolute atomic E-state index is 0.525. The second kappa shape index (κ2) is 15.4. The predicted octanol–water partition coefficient (Wildman–Crippen LogP) is 18.8. The van der Waals surface area contributed by atoms with Crippen LogP contribution in [0.25, 0.3) is 44.5 Å². The minimum atomic E-state index is -0.642. The third-order valence-corrected chi connectivity index (χ3v) is 19.6. The van der Waals surface area contributed by atoms with Crippen LogP contribution in [0.5, 0.6) is 11.5 Å². The summed E-state index contributed by atoms with van der Waals surface area (Å²) in [6.45, 7) is 0. The van der Waals surface area contributed by atoms with Crippen molar-refractivity contribution in [3.05, 3.63) is 340 Å². The summed E-state index contributed by atoms with van der Waals surface area (Å²) >= 11 is 1.89. The van der Waals surface area contributed by atoms with E-state index < -0.39 is 16.2 Å². The molecule has 3 spiro atoms. The van der Waals surface area contributed by atoms with Crippen molar-refractivity contribution in [3.8, 4) is 56.0 Å². The molecule has 0 fully saturated rings. The van der Waals surface area contributed by atoms with Crippen molar-refractivity contribution in [1.29, 1.82) is 0 Å². The topological polar surface area (TPSA) is 12.5 Å². The van der Waals surface area contributed by atoms with Gasteiger partial charge < -0.3 is 9.64 Å². The lowest BCUT2D eigenvalue weighted by Gasteiger charge is -2.40. The van der Waals surface area contributed by atoms with Gasteiger partial charge >= 0.3 is 0 Å². The first kappa shape index (κ1) is 42.8. The van der Waals surface area contributed by atoms with Crippen molar-refractivity contribution in [3.63, 3.8) is 0 Å². The highest BCUT2D eigenvalue weighted by Crippen LogP contribution is 2.68. The van der Waals surface area contributed by atoms with E-state index in [1.54, 1.807) is 0 Å². The van der Waals surface area contributed by atoms with E-state index in [1.807, 2.05) is 11.8 Å². The van der Waals surface area contributed by atoms with Crippen molar-refractivity contribution < 1.29 is 4.74 Å². The van der Waals surface area contributed by atoms with Crippen molar-refractivity contribution in [1.82, 2.24) is 0 Å². The number of fused-ring (bicyclic) bond motifs is 28. The Kier molecular flexibility index (Phi) is 8.43. The van der Waals surface area contributed by atoms with Crippen molar-refractivity contribution in [2.75, 3.05) is 4.90 Å². The molecule has 2 aliphatic heterocycles. The van der Waals surface area contributed by atoms with Crippen LogP contribution in [0.15, 0.2) is 283 Å². The third kappa shape index (κ3) is 5.07. The maximum absolute atomic E-state index is 6.84. The second-order valence-electron chi connectivity index (χ2n) is 21.7. The molecule has 18 rings (SSSR count). The SMILES string of the molecule is c1ccc2c(c1)Oc1ccccc1C21c2ccccc2-c2c(N(c3ccc4c(c3)C3(c5ccccc5Sc5ccccc53)c3ccccc3-4)c3ccc4c(c3)C3(c5ccccc5-c5ccccc53)c3ccccc3-4)cccc21. The zero-order valence-electron chi connectivity index (χ0n) is 42.2. The van der Waals surface area contributed by atoms with Gasteiger partial charge in [-0.15, -0.1) is 0 Å². The Labute approximate surface area is 457 Å². The lowest BCUT2D eigenvalue weighted by Crippen LogP contribution is -2.32. The van der Waals surface area contributed by atoms with Gasteiger partial charge in [0.15, 0.2) is 0 Å². The van der Waals surface area contributed by atoms with Gasteiger partial charge in [-0.25, -0.2) is 0 Å². The molecule has 6 aliphatic rings. The maximum atomic E-state index is 6.84. The summed E-state index contributed by atoms with van der Waals surface area (Å²) in [6, 6.07) is 103. The Bertz CT molecular complexity index is 4470. The van der Waals surface area contributed by atoms with Crippen LogP contribution in [0, 0.1) is 0 Å². The Morgan fingerprint density at radius 2 is 0.590 bits per heavy atom. The van der Waals surface area contributed by atoms with Crippen LogP contribution in [0.2, 0.25) is 0 Å². The lowest BCUT2D eigenvalue weighted by molar-refractivity contribution is 0.436. The molecule has 0 aromatic heterocycles. The van der Waals surface area contributed by atoms with E-state index in [9.17, 15) is 0 Å². The molecule has 0 N–H and O–H groups in total. The molecule has 3 heteroatoms. The van der Waals surface area contributed by atoms with E-state index in [0.29, 0.717) is 0 Å². The van der Waals surface area contributed by atoms with Crippen LogP contribution in [0.1, 0.15) is 66.8 Å². The van der Waals surface area contributed by atoms with E-state index in [-0.39, 0.29) is 0 Å². The van der Waals surface area contributed by atoms with Gasteiger partial charge in [0.05, 0.1) is 21.9 Å². The maximum Gasteiger partial charge on any atom is 0.132 e. The minimum Gasteiger partial charge on any atom is -0.457 e. The number of nitrogens with zero attached hydrogens (tertiary/aromatic N) is 1. The molecule has 0 atom stereocenters. The molecule has 0 radical (unpaired) electrons. The summed E-state index contributed by atoms with van der Waals surface area (Å²) in [6.07, 6.45) is 0. The summed E-state index contributed by atoms with van der Waals surface area (Å²) in [4.78, 5) is 5.20. The number of benzene rings is 12. The molecule has 2 heterocycles. The Hall–Kier alpha value is -9.41. The smallest absolute Gasteiger partial charge is 0.132 e. The summed E-state index contributed by atoms with van der Waals surface area (Å²) in [7, 11) is 0. The molecule has 0 unspecified atom stereocenters. The van der Waals surface area contributed by atoms with Crippen molar-refractivity contribution in [2.45, 2.75) is 26.0 Å². The standard InChI is InChI=1S/C75H45NOS/c1-6-25-55-48(20-1)49-21-2-7-26-56(49)73(55)57-27-8-3-22-50(57)52-42-40-46(44-65(52)73)76(47-41-43-53-51-23-4-9-28-58(51)75(66(53)45-47)62-32-13-17-38-70(62)78-71-39-18-14-33-63(71)75)67-35-19-34-64-72(67)54-24-5-10-29-59(54)74(64)60-30-11-15-36-68(60)77-69-37-16-12-31-61(69)74/h1-45H. The highest BCUT2D eigenvalue weighted by molar-refractivity contribution is 7.99. The molecule has 78 heavy (non-hydrogen) atoms. The summed E-state index contributed by atoms with van der Waals surface area (Å²) in [5.74, 6) is 1.77. The first-order valence-electron chi connectivity index (χ1n) is 27.2. The third-order valence-electron chi connectivity index (χ3n) is 18.4. The molecule has 362 valence electrons. The Balaban J connectivity index is 0.962. The highest BCUT2D eigenvalue weighted by atomic mass is 32.2. The molecular formula is C75H45NOS. The van der Waals surface area contributed by atoms with Crippen LogP contribution in [-0.2, 0) is 16.2 Å². The molecule has 4 aliphatic carbocycles. The van der Waals surface area contributed by atoms with Gasteiger partial charge in [0.2, 0.25) is 0 Å². The fourth-order valence-electron chi connectivity index (χ4n) is 15.7. The van der Waals surface area contributed by atoms with Gasteiger partial charge in [-0.1, -0.05) is 230 Å². The normalized spacial score (nSPS) is 15.3. The number of ether oxygens (including phenoxy) is 1. The van der Waals surface area contributed by atoms with Crippen LogP contribution in [0.3, 0.4) is 0 Å². The van der Waals surface area contributed by atoms with Gasteiger partial charge in [0.25, 0.3) is 0 Å². The molecule has 12 aromatic rings. The molecule has 0 amide bonds. The van der Waals surface area contributed by atoms with Crippen LogP contribution in [-0.4, -0.2) is 0 Å². The fraction of sp³-hybridized carbons (Fsp3) is 0.0400. The van der Waals surface area contributed by atoms with Crippen LogP contribution >= 0.6 is 11.8 Å². The van der Waals surface area contributed by atoms with Crippen molar-refractivity contribution in [2.24, 2.45) is 0 Å².